The van der Waals surface area contributed by atoms with Crippen molar-refractivity contribution in [3.05, 3.63) is 27.2 Å². The molecule has 0 fully saturated rings. The molecule has 0 aromatic heterocycles. The molecule has 1 N–H and O–H groups in total. The van der Waals surface area contributed by atoms with Gasteiger partial charge in [-0.15, -0.1) is 0 Å². The number of benzene rings is 1. The number of aryl methyl sites for hydroxylation is 1. The zero-order valence-electron chi connectivity index (χ0n) is 8.43. The van der Waals surface area contributed by atoms with E-state index < -0.39 is 0 Å². The van der Waals surface area contributed by atoms with Gasteiger partial charge in [0.1, 0.15) is 5.75 Å². The normalized spacial score (nSPS) is 12.2. The third kappa shape index (κ3) is 1.76. The van der Waals surface area contributed by atoms with E-state index in [9.17, 15) is 5.11 Å². The Morgan fingerprint density at radius 3 is 2.57 bits per heavy atom. The zero-order chi connectivity index (χ0) is 10.9. The predicted octanol–water partition coefficient (Wildman–Crippen LogP) is 3.40. The quantitative estimate of drug-likeness (QED) is 0.834. The maximum absolute atomic E-state index is 9.76. The van der Waals surface area contributed by atoms with Crippen molar-refractivity contribution in [2.45, 2.75) is 26.7 Å². The molecule has 74 valence electrons. The van der Waals surface area contributed by atoms with Gasteiger partial charge in [0, 0.05) is 0 Å². The Morgan fingerprint density at radius 1 is 1.50 bits per heavy atom. The van der Waals surface area contributed by atoms with Crippen LogP contribution in [0, 0.1) is 25.2 Å². The van der Waals surface area contributed by atoms with Crippen LogP contribution in [0.15, 0.2) is 10.5 Å². The summed E-state index contributed by atoms with van der Waals surface area (Å²) in [7, 11) is 0. The molecule has 14 heavy (non-hydrogen) atoms. The second-order valence-electron chi connectivity index (χ2n) is 3.42. The second kappa shape index (κ2) is 4.02. The van der Waals surface area contributed by atoms with E-state index >= 15 is 0 Å². The van der Waals surface area contributed by atoms with E-state index in [4.69, 9.17) is 5.26 Å². The van der Waals surface area contributed by atoms with Crippen LogP contribution in [0.2, 0.25) is 0 Å². The van der Waals surface area contributed by atoms with Gasteiger partial charge < -0.3 is 5.11 Å². The molecule has 1 unspecified atom stereocenters. The van der Waals surface area contributed by atoms with E-state index in [-0.39, 0.29) is 11.7 Å². The maximum atomic E-state index is 9.76. The summed E-state index contributed by atoms with van der Waals surface area (Å²) in [6.07, 6.45) is 0. The molecule has 1 rings (SSSR count). The number of rotatable bonds is 1. The van der Waals surface area contributed by atoms with Gasteiger partial charge in [0.15, 0.2) is 0 Å². The first-order chi connectivity index (χ1) is 6.49. The summed E-state index contributed by atoms with van der Waals surface area (Å²) >= 11 is 3.30. The molecule has 0 radical (unpaired) electrons. The number of halogens is 1. The van der Waals surface area contributed by atoms with Crippen LogP contribution in [-0.4, -0.2) is 5.11 Å². The van der Waals surface area contributed by atoms with Crippen molar-refractivity contribution >= 4 is 15.9 Å². The van der Waals surface area contributed by atoms with Crippen molar-refractivity contribution < 1.29 is 5.11 Å². The summed E-state index contributed by atoms with van der Waals surface area (Å²) in [5, 5.41) is 18.6. The number of hydrogen-bond donors (Lipinski definition) is 1. The van der Waals surface area contributed by atoms with Crippen molar-refractivity contribution in [3.8, 4) is 11.8 Å². The van der Waals surface area contributed by atoms with E-state index in [1.54, 1.807) is 0 Å². The smallest absolute Gasteiger partial charge is 0.133 e. The predicted molar refractivity (Wildman–Crippen MR) is 59.3 cm³/mol. The standard InChI is InChI=1S/C11H12BrNO/c1-6-4-9(7(2)5-13)8(3)11(14)10(6)12/h4,7,14H,1-3H3. The average Bonchev–Trinajstić information content (AvgIpc) is 2.19. The van der Waals surface area contributed by atoms with Gasteiger partial charge in [0.05, 0.1) is 16.5 Å². The van der Waals surface area contributed by atoms with Crippen LogP contribution >= 0.6 is 15.9 Å². The topological polar surface area (TPSA) is 44.0 Å². The lowest BCUT2D eigenvalue weighted by Gasteiger charge is -2.12. The Bertz CT molecular complexity index is 407. The van der Waals surface area contributed by atoms with Gasteiger partial charge in [-0.3, -0.25) is 0 Å². The molecule has 1 aromatic carbocycles. The monoisotopic (exact) mass is 253 g/mol. The molecule has 0 amide bonds. The Labute approximate surface area is 92.3 Å². The van der Waals surface area contributed by atoms with Crippen LogP contribution in [0.25, 0.3) is 0 Å². The minimum Gasteiger partial charge on any atom is -0.506 e. The summed E-state index contributed by atoms with van der Waals surface area (Å²) in [6.45, 7) is 5.55. The van der Waals surface area contributed by atoms with Crippen LogP contribution < -0.4 is 0 Å². The average molecular weight is 254 g/mol. The van der Waals surface area contributed by atoms with Gasteiger partial charge in [-0.1, -0.05) is 6.07 Å². The molecule has 0 saturated heterocycles. The summed E-state index contributed by atoms with van der Waals surface area (Å²) in [6, 6.07) is 4.11. The Balaban J connectivity index is 3.42. The molecule has 0 aliphatic carbocycles. The van der Waals surface area contributed by atoms with Gasteiger partial charge in [0.2, 0.25) is 0 Å². The largest absolute Gasteiger partial charge is 0.506 e. The highest BCUT2D eigenvalue weighted by Gasteiger charge is 2.14. The lowest BCUT2D eigenvalue weighted by molar-refractivity contribution is 0.466. The highest BCUT2D eigenvalue weighted by molar-refractivity contribution is 9.10. The van der Waals surface area contributed by atoms with Crippen LogP contribution in [0.1, 0.15) is 29.5 Å². The zero-order valence-corrected chi connectivity index (χ0v) is 10.0. The number of nitrogens with zero attached hydrogens (tertiary/aromatic N) is 1. The minimum absolute atomic E-state index is 0.187. The Hall–Kier alpha value is -1.01. The molecule has 0 aliphatic rings. The van der Waals surface area contributed by atoms with E-state index in [1.807, 2.05) is 26.8 Å². The first-order valence-corrected chi connectivity index (χ1v) is 5.16. The third-order valence-electron chi connectivity index (χ3n) is 2.37. The lowest BCUT2D eigenvalue weighted by atomic mass is 9.95. The molecule has 0 heterocycles. The molecule has 0 bridgehead atoms. The van der Waals surface area contributed by atoms with E-state index in [0.29, 0.717) is 4.47 Å². The highest BCUT2D eigenvalue weighted by Crippen LogP contribution is 2.35. The Morgan fingerprint density at radius 2 is 2.07 bits per heavy atom. The van der Waals surface area contributed by atoms with E-state index in [2.05, 4.69) is 22.0 Å². The van der Waals surface area contributed by atoms with E-state index in [1.165, 1.54) is 0 Å². The SMILES string of the molecule is Cc1cc(C(C)C#N)c(C)c(O)c1Br. The molecular formula is C11H12BrNO. The molecule has 2 nitrogen and oxygen atoms in total. The van der Waals surface area contributed by atoms with Gasteiger partial charge in [-0.2, -0.15) is 5.26 Å². The van der Waals surface area contributed by atoms with Gasteiger partial charge in [-0.05, 0) is 53.4 Å². The minimum atomic E-state index is -0.187. The number of nitriles is 1. The number of aromatic hydroxyl groups is 1. The summed E-state index contributed by atoms with van der Waals surface area (Å²) in [4.78, 5) is 0. The molecule has 3 heteroatoms. The number of phenols is 1. The second-order valence-corrected chi connectivity index (χ2v) is 4.21. The summed E-state index contributed by atoms with van der Waals surface area (Å²) in [5.74, 6) is 0.0507. The van der Waals surface area contributed by atoms with Crippen LogP contribution in [0.4, 0.5) is 0 Å². The van der Waals surface area contributed by atoms with Crippen molar-refractivity contribution in [3.63, 3.8) is 0 Å². The number of hydrogen-bond acceptors (Lipinski definition) is 2. The van der Waals surface area contributed by atoms with Crippen molar-refractivity contribution in [1.29, 1.82) is 5.26 Å². The van der Waals surface area contributed by atoms with Crippen LogP contribution in [0.5, 0.6) is 5.75 Å². The Kier molecular flexibility index (Phi) is 3.17. The van der Waals surface area contributed by atoms with Crippen molar-refractivity contribution in [2.75, 3.05) is 0 Å². The van der Waals surface area contributed by atoms with Crippen LogP contribution in [0.3, 0.4) is 0 Å². The van der Waals surface area contributed by atoms with Gasteiger partial charge >= 0.3 is 0 Å². The van der Waals surface area contributed by atoms with Gasteiger partial charge in [0.25, 0.3) is 0 Å². The third-order valence-corrected chi connectivity index (χ3v) is 3.38. The van der Waals surface area contributed by atoms with Crippen molar-refractivity contribution in [2.24, 2.45) is 0 Å². The molecule has 1 aromatic rings. The van der Waals surface area contributed by atoms with E-state index in [0.717, 1.165) is 16.7 Å². The van der Waals surface area contributed by atoms with Gasteiger partial charge in [-0.25, -0.2) is 0 Å². The lowest BCUT2D eigenvalue weighted by Crippen LogP contribution is -1.96. The molecule has 0 saturated carbocycles. The fourth-order valence-corrected chi connectivity index (χ4v) is 1.82. The van der Waals surface area contributed by atoms with Crippen molar-refractivity contribution in [1.82, 2.24) is 0 Å². The fraction of sp³-hybridized carbons (Fsp3) is 0.364. The molecular weight excluding hydrogens is 242 g/mol. The fourth-order valence-electron chi connectivity index (χ4n) is 1.41. The molecule has 1 atom stereocenters. The summed E-state index contributed by atoms with van der Waals surface area (Å²) < 4.78 is 0.712. The summed E-state index contributed by atoms with van der Waals surface area (Å²) in [5.41, 5.74) is 2.62. The maximum Gasteiger partial charge on any atom is 0.133 e. The highest BCUT2D eigenvalue weighted by atomic mass is 79.9. The number of phenolic OH excluding ortho intramolecular Hbond substituents is 1. The first-order valence-electron chi connectivity index (χ1n) is 4.37. The molecule has 0 aliphatic heterocycles. The first kappa shape index (κ1) is 11.1. The van der Waals surface area contributed by atoms with Crippen LogP contribution in [-0.2, 0) is 0 Å². The molecule has 0 spiro atoms.